The van der Waals surface area contributed by atoms with E-state index in [1.807, 2.05) is 12.1 Å². The van der Waals surface area contributed by atoms with Gasteiger partial charge in [-0.1, -0.05) is 27.5 Å². The number of likely N-dealkylation sites (N-methyl/N-ethyl adjacent to an activating group) is 1. The fraction of sp³-hybridized carbons (Fsp3) is 0.571. The van der Waals surface area contributed by atoms with E-state index in [4.69, 9.17) is 11.6 Å². The molecule has 0 aliphatic carbocycles. The summed E-state index contributed by atoms with van der Waals surface area (Å²) in [4.78, 5) is 4.83. The van der Waals surface area contributed by atoms with Gasteiger partial charge in [-0.15, -0.1) is 0 Å². The Kier molecular flexibility index (Phi) is 5.07. The average molecular weight is 332 g/mol. The van der Waals surface area contributed by atoms with Gasteiger partial charge in [-0.3, -0.25) is 4.90 Å². The summed E-state index contributed by atoms with van der Waals surface area (Å²) in [6.07, 6.45) is 2.57. The second kappa shape index (κ2) is 6.38. The van der Waals surface area contributed by atoms with Gasteiger partial charge >= 0.3 is 0 Å². The van der Waals surface area contributed by atoms with Crippen molar-refractivity contribution in [1.82, 2.24) is 9.80 Å². The van der Waals surface area contributed by atoms with E-state index in [1.54, 1.807) is 0 Å². The van der Waals surface area contributed by atoms with Crippen LogP contribution in [0.1, 0.15) is 18.4 Å². The molecule has 1 aromatic carbocycles. The molecule has 0 N–H and O–H groups in total. The summed E-state index contributed by atoms with van der Waals surface area (Å²) in [6, 6.07) is 6.75. The summed E-state index contributed by atoms with van der Waals surface area (Å²) in [5.41, 5.74) is 1.21. The van der Waals surface area contributed by atoms with Crippen LogP contribution in [-0.2, 0) is 6.54 Å². The second-order valence-corrected chi connectivity index (χ2v) is 6.55. The zero-order valence-corrected chi connectivity index (χ0v) is 13.3. The van der Waals surface area contributed by atoms with Gasteiger partial charge in [0.05, 0.1) is 0 Å². The van der Waals surface area contributed by atoms with E-state index < -0.39 is 0 Å². The zero-order valence-electron chi connectivity index (χ0n) is 11.0. The Bertz CT molecular complexity index is 409. The maximum absolute atomic E-state index is 6.26. The highest BCUT2D eigenvalue weighted by Crippen LogP contribution is 2.24. The maximum Gasteiger partial charge on any atom is 0.0451 e. The molecule has 0 aromatic heterocycles. The summed E-state index contributed by atoms with van der Waals surface area (Å²) in [5, 5.41) is 0.866. The number of benzene rings is 1. The van der Waals surface area contributed by atoms with Crippen molar-refractivity contribution in [2.75, 3.05) is 27.2 Å². The molecule has 1 aromatic rings. The lowest BCUT2D eigenvalue weighted by Gasteiger charge is -2.36. The Morgan fingerprint density at radius 3 is 2.94 bits per heavy atom. The number of hydrogen-bond acceptors (Lipinski definition) is 2. The molecule has 0 radical (unpaired) electrons. The molecule has 18 heavy (non-hydrogen) atoms. The Morgan fingerprint density at radius 1 is 1.44 bits per heavy atom. The summed E-state index contributed by atoms with van der Waals surface area (Å²) in [5.74, 6) is 0. The summed E-state index contributed by atoms with van der Waals surface area (Å²) >= 11 is 9.77. The van der Waals surface area contributed by atoms with Gasteiger partial charge in [-0.25, -0.2) is 0 Å². The monoisotopic (exact) mass is 330 g/mol. The van der Waals surface area contributed by atoms with Gasteiger partial charge in [-0.2, -0.15) is 0 Å². The first-order valence-corrected chi connectivity index (χ1v) is 7.56. The maximum atomic E-state index is 6.26. The van der Waals surface area contributed by atoms with Gasteiger partial charge in [0, 0.05) is 28.6 Å². The highest BCUT2D eigenvalue weighted by atomic mass is 79.9. The number of rotatable bonds is 3. The number of hydrogen-bond donors (Lipinski definition) is 0. The van der Waals surface area contributed by atoms with Crippen LogP contribution in [-0.4, -0.2) is 43.0 Å². The number of piperidine rings is 1. The van der Waals surface area contributed by atoms with E-state index >= 15 is 0 Å². The SMILES string of the molecule is CN(C)C1CCCN(Cc2cc(Br)ccc2Cl)C1. The van der Waals surface area contributed by atoms with E-state index in [9.17, 15) is 0 Å². The van der Waals surface area contributed by atoms with Crippen LogP contribution >= 0.6 is 27.5 Å². The van der Waals surface area contributed by atoms with Crippen LogP contribution in [0.25, 0.3) is 0 Å². The fourth-order valence-corrected chi connectivity index (χ4v) is 3.09. The topological polar surface area (TPSA) is 6.48 Å². The normalized spacial score (nSPS) is 21.5. The first-order valence-electron chi connectivity index (χ1n) is 6.39. The Hall–Kier alpha value is -0.0900. The van der Waals surface area contributed by atoms with E-state index in [1.165, 1.54) is 24.9 Å². The molecule has 100 valence electrons. The smallest absolute Gasteiger partial charge is 0.0451 e. The standard InChI is InChI=1S/C14H20BrClN2/c1-17(2)13-4-3-7-18(10-13)9-11-8-12(15)5-6-14(11)16/h5-6,8,13H,3-4,7,9-10H2,1-2H3. The molecule has 0 bridgehead atoms. The van der Waals surface area contributed by atoms with Crippen LogP contribution in [0.2, 0.25) is 5.02 Å². The third-order valence-electron chi connectivity index (χ3n) is 3.61. The van der Waals surface area contributed by atoms with Crippen molar-refractivity contribution in [3.63, 3.8) is 0 Å². The number of nitrogens with zero attached hydrogens (tertiary/aromatic N) is 2. The van der Waals surface area contributed by atoms with Gasteiger partial charge in [0.25, 0.3) is 0 Å². The van der Waals surface area contributed by atoms with E-state index in [0.717, 1.165) is 22.6 Å². The highest BCUT2D eigenvalue weighted by Gasteiger charge is 2.21. The van der Waals surface area contributed by atoms with Crippen molar-refractivity contribution in [2.24, 2.45) is 0 Å². The summed E-state index contributed by atoms with van der Waals surface area (Å²) < 4.78 is 1.10. The van der Waals surface area contributed by atoms with Crippen LogP contribution in [0.3, 0.4) is 0 Å². The summed E-state index contributed by atoms with van der Waals surface area (Å²) in [7, 11) is 4.33. The van der Waals surface area contributed by atoms with Gasteiger partial charge < -0.3 is 4.90 Å². The molecule has 1 fully saturated rings. The third kappa shape index (κ3) is 3.70. The van der Waals surface area contributed by atoms with Gasteiger partial charge in [-0.05, 0) is 57.2 Å². The van der Waals surface area contributed by atoms with Crippen LogP contribution < -0.4 is 0 Å². The minimum absolute atomic E-state index is 0.671. The van der Waals surface area contributed by atoms with Gasteiger partial charge in [0.2, 0.25) is 0 Å². The minimum atomic E-state index is 0.671. The largest absolute Gasteiger partial charge is 0.305 e. The molecular formula is C14H20BrClN2. The van der Waals surface area contributed by atoms with Crippen molar-refractivity contribution in [1.29, 1.82) is 0 Å². The predicted molar refractivity (Wildman–Crippen MR) is 81.1 cm³/mol. The quantitative estimate of drug-likeness (QED) is 0.834. The molecule has 2 rings (SSSR count). The van der Waals surface area contributed by atoms with Crippen LogP contribution in [0.4, 0.5) is 0 Å². The van der Waals surface area contributed by atoms with E-state index in [0.29, 0.717) is 6.04 Å². The molecule has 1 saturated heterocycles. The molecule has 1 aliphatic rings. The van der Waals surface area contributed by atoms with Crippen LogP contribution in [0.15, 0.2) is 22.7 Å². The lowest BCUT2D eigenvalue weighted by molar-refractivity contribution is 0.128. The van der Waals surface area contributed by atoms with E-state index in [-0.39, 0.29) is 0 Å². The Balaban J connectivity index is 2.02. The van der Waals surface area contributed by atoms with Crippen molar-refractivity contribution in [3.8, 4) is 0 Å². The first kappa shape index (κ1) is 14.3. The van der Waals surface area contributed by atoms with Crippen molar-refractivity contribution < 1.29 is 0 Å². The average Bonchev–Trinajstić information content (AvgIpc) is 2.34. The van der Waals surface area contributed by atoms with Gasteiger partial charge in [0.15, 0.2) is 0 Å². The highest BCUT2D eigenvalue weighted by molar-refractivity contribution is 9.10. The second-order valence-electron chi connectivity index (χ2n) is 5.23. The fourth-order valence-electron chi connectivity index (χ4n) is 2.50. The van der Waals surface area contributed by atoms with Crippen molar-refractivity contribution in [3.05, 3.63) is 33.3 Å². The van der Waals surface area contributed by atoms with Crippen LogP contribution in [0.5, 0.6) is 0 Å². The molecular weight excluding hydrogens is 312 g/mol. The molecule has 0 amide bonds. The van der Waals surface area contributed by atoms with E-state index in [2.05, 4.69) is 45.9 Å². The lowest BCUT2D eigenvalue weighted by Crippen LogP contribution is -2.44. The predicted octanol–water partition coefficient (Wildman–Crippen LogP) is 3.63. The summed E-state index contributed by atoms with van der Waals surface area (Å²) in [6.45, 7) is 3.26. The molecule has 1 atom stereocenters. The molecule has 1 heterocycles. The third-order valence-corrected chi connectivity index (χ3v) is 4.47. The molecule has 2 nitrogen and oxygen atoms in total. The van der Waals surface area contributed by atoms with Crippen molar-refractivity contribution in [2.45, 2.75) is 25.4 Å². The molecule has 1 unspecified atom stereocenters. The molecule has 0 spiro atoms. The minimum Gasteiger partial charge on any atom is -0.305 e. The Labute approximate surface area is 123 Å². The zero-order chi connectivity index (χ0) is 13.1. The molecule has 0 saturated carbocycles. The lowest BCUT2D eigenvalue weighted by atomic mass is 10.0. The van der Waals surface area contributed by atoms with Crippen molar-refractivity contribution >= 4 is 27.5 Å². The number of likely N-dealkylation sites (tertiary alicyclic amines) is 1. The first-order chi connectivity index (χ1) is 8.56. The molecule has 1 aliphatic heterocycles. The van der Waals surface area contributed by atoms with Crippen LogP contribution in [0, 0.1) is 0 Å². The Morgan fingerprint density at radius 2 is 2.22 bits per heavy atom. The van der Waals surface area contributed by atoms with Gasteiger partial charge in [0.1, 0.15) is 0 Å². The number of halogens is 2. The molecule has 4 heteroatoms.